The molecule has 2 bridgehead atoms. The zero-order valence-electron chi connectivity index (χ0n) is 12.0. The van der Waals surface area contributed by atoms with E-state index in [1.807, 2.05) is 17.5 Å². The Labute approximate surface area is 136 Å². The van der Waals surface area contributed by atoms with E-state index in [4.69, 9.17) is 4.74 Å². The van der Waals surface area contributed by atoms with Crippen LogP contribution < -0.4 is 10.1 Å². The summed E-state index contributed by atoms with van der Waals surface area (Å²) < 4.78 is 5.63. The molecule has 1 unspecified atom stereocenters. The molecule has 3 fully saturated rings. The lowest BCUT2D eigenvalue weighted by molar-refractivity contribution is 0.0622. The van der Waals surface area contributed by atoms with Crippen molar-refractivity contribution in [3.05, 3.63) is 28.6 Å². The molecule has 2 aromatic heterocycles. The Balaban J connectivity index is 1.39. The van der Waals surface area contributed by atoms with Crippen LogP contribution in [0.25, 0.3) is 0 Å². The van der Waals surface area contributed by atoms with Gasteiger partial charge in [0.05, 0.1) is 4.88 Å². The van der Waals surface area contributed by atoms with E-state index in [-0.39, 0.29) is 5.91 Å². The lowest BCUT2D eigenvalue weighted by Crippen LogP contribution is -2.57. The van der Waals surface area contributed by atoms with E-state index in [2.05, 4.69) is 15.2 Å². The number of piperidine rings is 3. The minimum Gasteiger partial charge on any atom is -0.420 e. The summed E-state index contributed by atoms with van der Waals surface area (Å²) in [5.74, 6) is 0.651. The minimum absolute atomic E-state index is 0.0118. The zero-order valence-corrected chi connectivity index (χ0v) is 13.7. The first-order chi connectivity index (χ1) is 10.8. The van der Waals surface area contributed by atoms with Crippen LogP contribution >= 0.6 is 22.7 Å². The molecular weight excluding hydrogens is 318 g/mol. The normalized spacial score (nSPS) is 26.8. The number of amides is 1. The van der Waals surface area contributed by atoms with Crippen molar-refractivity contribution in [1.29, 1.82) is 0 Å². The topological polar surface area (TPSA) is 54.5 Å². The molecular formula is C15H17N3O2S2. The fourth-order valence-corrected chi connectivity index (χ4v) is 4.52. The van der Waals surface area contributed by atoms with Crippen LogP contribution in [-0.2, 0) is 0 Å². The van der Waals surface area contributed by atoms with Crippen molar-refractivity contribution in [2.24, 2.45) is 5.92 Å². The van der Waals surface area contributed by atoms with Crippen molar-refractivity contribution < 1.29 is 9.53 Å². The second-order valence-electron chi connectivity index (χ2n) is 5.74. The van der Waals surface area contributed by atoms with E-state index in [0.717, 1.165) is 6.54 Å². The molecule has 0 saturated carbocycles. The average molecular weight is 335 g/mol. The number of nitrogens with zero attached hydrogens (tertiary/aromatic N) is 2. The van der Waals surface area contributed by atoms with Crippen LogP contribution in [0.15, 0.2) is 23.7 Å². The van der Waals surface area contributed by atoms with Crippen molar-refractivity contribution in [2.75, 3.05) is 19.6 Å². The molecule has 2 aromatic rings. The van der Waals surface area contributed by atoms with Crippen LogP contribution in [-0.4, -0.2) is 41.5 Å². The minimum atomic E-state index is 0.0118. The summed E-state index contributed by atoms with van der Waals surface area (Å²) in [6.07, 6.45) is 4.11. The third kappa shape index (κ3) is 2.88. The molecule has 116 valence electrons. The quantitative estimate of drug-likeness (QED) is 0.933. The third-order valence-corrected chi connectivity index (χ3v) is 5.99. The van der Waals surface area contributed by atoms with Gasteiger partial charge in [-0.15, -0.1) is 0 Å². The zero-order chi connectivity index (χ0) is 14.9. The van der Waals surface area contributed by atoms with Crippen LogP contribution in [0.5, 0.6) is 10.3 Å². The van der Waals surface area contributed by atoms with Gasteiger partial charge in [-0.05, 0) is 44.0 Å². The molecule has 1 N–H and O–H groups in total. The molecule has 1 amide bonds. The van der Waals surface area contributed by atoms with Gasteiger partial charge in [0.15, 0.2) is 5.06 Å². The highest BCUT2D eigenvalue weighted by molar-refractivity contribution is 7.16. The molecule has 0 aliphatic carbocycles. The van der Waals surface area contributed by atoms with E-state index in [1.165, 1.54) is 48.6 Å². The van der Waals surface area contributed by atoms with Gasteiger partial charge in [-0.2, -0.15) is 0 Å². The van der Waals surface area contributed by atoms with Crippen LogP contribution in [0, 0.1) is 5.92 Å². The molecule has 5 heterocycles. The average Bonchev–Trinajstić information content (AvgIpc) is 3.21. The third-order valence-electron chi connectivity index (χ3n) is 4.38. The number of thiophene rings is 1. The van der Waals surface area contributed by atoms with Crippen molar-refractivity contribution in [2.45, 2.75) is 18.9 Å². The molecule has 0 spiro atoms. The highest BCUT2D eigenvalue weighted by Gasteiger charge is 2.35. The predicted octanol–water partition coefficient (Wildman–Crippen LogP) is 2.82. The number of rotatable bonds is 4. The fourth-order valence-electron chi connectivity index (χ4n) is 3.21. The Morgan fingerprint density at radius 3 is 2.91 bits per heavy atom. The van der Waals surface area contributed by atoms with Gasteiger partial charge in [0, 0.05) is 24.2 Å². The Morgan fingerprint density at radius 2 is 2.23 bits per heavy atom. The van der Waals surface area contributed by atoms with E-state index >= 15 is 0 Å². The summed E-state index contributed by atoms with van der Waals surface area (Å²) in [4.78, 5) is 19.6. The molecule has 22 heavy (non-hydrogen) atoms. The first-order valence-corrected chi connectivity index (χ1v) is 9.18. The largest absolute Gasteiger partial charge is 0.420 e. The van der Waals surface area contributed by atoms with Gasteiger partial charge in [0.25, 0.3) is 11.1 Å². The number of nitrogens with one attached hydrogen (secondary N) is 1. The van der Waals surface area contributed by atoms with E-state index in [0.29, 0.717) is 27.1 Å². The molecule has 3 aliphatic rings. The number of hydrogen-bond donors (Lipinski definition) is 1. The Morgan fingerprint density at radius 1 is 1.36 bits per heavy atom. The lowest BCUT2D eigenvalue weighted by atomic mass is 9.84. The number of fused-ring (bicyclic) bond motifs is 3. The summed E-state index contributed by atoms with van der Waals surface area (Å²) in [6, 6.07) is 3.95. The van der Waals surface area contributed by atoms with Gasteiger partial charge in [0.1, 0.15) is 0 Å². The molecule has 7 heteroatoms. The second kappa shape index (κ2) is 5.98. The molecule has 0 aromatic carbocycles. The Kier molecular flexibility index (Phi) is 3.85. The summed E-state index contributed by atoms with van der Waals surface area (Å²) in [5, 5.41) is 6.37. The number of ether oxygens (including phenoxy) is 1. The second-order valence-corrected chi connectivity index (χ2v) is 7.64. The molecule has 5 nitrogen and oxygen atoms in total. The maximum atomic E-state index is 12.4. The van der Waals surface area contributed by atoms with Crippen LogP contribution in [0.2, 0.25) is 0 Å². The predicted molar refractivity (Wildman–Crippen MR) is 86.9 cm³/mol. The molecule has 1 atom stereocenters. The first kappa shape index (κ1) is 14.2. The van der Waals surface area contributed by atoms with Gasteiger partial charge < -0.3 is 15.0 Å². The summed E-state index contributed by atoms with van der Waals surface area (Å²) in [6.45, 7) is 3.36. The smallest absolute Gasteiger partial charge is 0.279 e. The molecule has 3 aliphatic heterocycles. The number of carbonyl (C=O) groups is 1. The molecule has 3 saturated heterocycles. The fraction of sp³-hybridized carbons (Fsp3) is 0.467. The van der Waals surface area contributed by atoms with Gasteiger partial charge in [-0.3, -0.25) is 4.79 Å². The Bertz CT molecular complexity index is 648. The van der Waals surface area contributed by atoms with Gasteiger partial charge >= 0.3 is 0 Å². The summed E-state index contributed by atoms with van der Waals surface area (Å²) >= 11 is 2.81. The number of aromatic nitrogens is 1. The molecule has 0 radical (unpaired) electrons. The van der Waals surface area contributed by atoms with Crippen LogP contribution in [0.1, 0.15) is 22.5 Å². The lowest BCUT2D eigenvalue weighted by Gasteiger charge is -2.44. The van der Waals surface area contributed by atoms with Crippen LogP contribution in [0.4, 0.5) is 0 Å². The van der Waals surface area contributed by atoms with E-state index < -0.39 is 0 Å². The number of thiazole rings is 1. The van der Waals surface area contributed by atoms with Crippen molar-refractivity contribution in [3.8, 4) is 10.3 Å². The van der Waals surface area contributed by atoms with E-state index in [1.54, 1.807) is 6.20 Å². The standard InChI is InChI=1S/C15H17N3O2S2/c19-14(17-11-9-18-6-3-10(11)4-7-18)12-1-2-13(22-12)20-15-16-5-8-21-15/h1-2,5,8,10-11H,3-4,6-7,9H2,(H,17,19). The first-order valence-electron chi connectivity index (χ1n) is 7.48. The maximum Gasteiger partial charge on any atom is 0.279 e. The summed E-state index contributed by atoms with van der Waals surface area (Å²) in [7, 11) is 0. The van der Waals surface area contributed by atoms with Gasteiger partial charge in [0.2, 0.25) is 0 Å². The van der Waals surface area contributed by atoms with Crippen LogP contribution in [0.3, 0.4) is 0 Å². The van der Waals surface area contributed by atoms with Gasteiger partial charge in [-0.1, -0.05) is 22.7 Å². The van der Waals surface area contributed by atoms with Gasteiger partial charge in [-0.25, -0.2) is 4.98 Å². The maximum absolute atomic E-state index is 12.4. The van der Waals surface area contributed by atoms with Crippen molar-refractivity contribution in [1.82, 2.24) is 15.2 Å². The summed E-state index contributed by atoms with van der Waals surface area (Å²) in [5.41, 5.74) is 0. The highest BCUT2D eigenvalue weighted by atomic mass is 32.1. The van der Waals surface area contributed by atoms with Crippen molar-refractivity contribution >= 4 is 28.6 Å². The Hall–Kier alpha value is -1.44. The molecule has 5 rings (SSSR count). The number of hydrogen-bond acceptors (Lipinski definition) is 6. The monoisotopic (exact) mass is 335 g/mol. The SMILES string of the molecule is O=C(NC1CN2CCC1CC2)c1ccc(Oc2nccs2)s1. The van der Waals surface area contributed by atoms with E-state index in [9.17, 15) is 4.79 Å². The number of carbonyl (C=O) groups excluding carboxylic acids is 1. The highest BCUT2D eigenvalue weighted by Crippen LogP contribution is 2.31. The van der Waals surface area contributed by atoms with Crippen molar-refractivity contribution in [3.63, 3.8) is 0 Å².